The van der Waals surface area contributed by atoms with Crippen molar-refractivity contribution in [3.63, 3.8) is 0 Å². The zero-order chi connectivity index (χ0) is 14.0. The zero-order valence-electron chi connectivity index (χ0n) is 11.7. The summed E-state index contributed by atoms with van der Waals surface area (Å²) in [5, 5.41) is 9.63. The quantitative estimate of drug-likeness (QED) is 0.868. The van der Waals surface area contributed by atoms with Crippen LogP contribution in [0.1, 0.15) is 32.3 Å². The molecule has 106 valence electrons. The van der Waals surface area contributed by atoms with E-state index in [1.807, 2.05) is 26.0 Å². The SMILES string of the molecule is COc1ccc(Br)c(C(C)(C)CO)c1OCC1CC1. The number of hydrogen-bond acceptors (Lipinski definition) is 3. The Morgan fingerprint density at radius 3 is 2.58 bits per heavy atom. The minimum Gasteiger partial charge on any atom is -0.493 e. The fourth-order valence-corrected chi connectivity index (χ4v) is 2.89. The van der Waals surface area contributed by atoms with Gasteiger partial charge in [-0.15, -0.1) is 0 Å². The number of ether oxygens (including phenoxy) is 2. The topological polar surface area (TPSA) is 38.7 Å². The van der Waals surface area contributed by atoms with Gasteiger partial charge in [-0.1, -0.05) is 29.8 Å². The maximum Gasteiger partial charge on any atom is 0.166 e. The molecule has 0 heterocycles. The molecule has 2 rings (SSSR count). The number of aliphatic hydroxyl groups excluding tert-OH is 1. The summed E-state index contributed by atoms with van der Waals surface area (Å²) in [6.07, 6.45) is 2.49. The fourth-order valence-electron chi connectivity index (χ4n) is 2.04. The summed E-state index contributed by atoms with van der Waals surface area (Å²) < 4.78 is 12.3. The average Bonchev–Trinajstić information content (AvgIpc) is 3.20. The third-order valence-electron chi connectivity index (χ3n) is 3.52. The van der Waals surface area contributed by atoms with E-state index in [9.17, 15) is 5.11 Å². The van der Waals surface area contributed by atoms with E-state index in [2.05, 4.69) is 15.9 Å². The number of aliphatic hydroxyl groups is 1. The van der Waals surface area contributed by atoms with Gasteiger partial charge in [-0.3, -0.25) is 0 Å². The highest BCUT2D eigenvalue weighted by molar-refractivity contribution is 9.10. The van der Waals surface area contributed by atoms with Crippen LogP contribution in [0.4, 0.5) is 0 Å². The molecule has 0 aromatic heterocycles. The van der Waals surface area contributed by atoms with Crippen LogP contribution < -0.4 is 9.47 Å². The van der Waals surface area contributed by atoms with E-state index in [-0.39, 0.29) is 12.0 Å². The van der Waals surface area contributed by atoms with Crippen LogP contribution in [-0.4, -0.2) is 25.4 Å². The van der Waals surface area contributed by atoms with Gasteiger partial charge in [-0.05, 0) is 30.9 Å². The predicted molar refractivity (Wildman–Crippen MR) is 79.0 cm³/mol. The molecule has 1 saturated carbocycles. The van der Waals surface area contributed by atoms with Crippen molar-refractivity contribution in [1.29, 1.82) is 0 Å². The number of methoxy groups -OCH3 is 1. The fraction of sp³-hybridized carbons (Fsp3) is 0.600. The molecular formula is C15H21BrO3. The number of rotatable bonds is 6. The van der Waals surface area contributed by atoms with Gasteiger partial charge in [-0.2, -0.15) is 0 Å². The van der Waals surface area contributed by atoms with Gasteiger partial charge in [0.05, 0.1) is 20.3 Å². The van der Waals surface area contributed by atoms with Gasteiger partial charge in [0.1, 0.15) is 0 Å². The van der Waals surface area contributed by atoms with E-state index in [1.54, 1.807) is 7.11 Å². The summed E-state index contributed by atoms with van der Waals surface area (Å²) in [6.45, 7) is 4.77. The molecule has 1 fully saturated rings. The third-order valence-corrected chi connectivity index (χ3v) is 4.18. The van der Waals surface area contributed by atoms with E-state index in [0.717, 1.165) is 28.1 Å². The van der Waals surface area contributed by atoms with Crippen LogP contribution in [0.3, 0.4) is 0 Å². The second-order valence-corrected chi connectivity index (χ2v) is 6.60. The maximum atomic E-state index is 9.63. The van der Waals surface area contributed by atoms with Crippen molar-refractivity contribution in [2.45, 2.75) is 32.1 Å². The van der Waals surface area contributed by atoms with Gasteiger partial charge in [0, 0.05) is 15.5 Å². The van der Waals surface area contributed by atoms with Gasteiger partial charge in [0.15, 0.2) is 11.5 Å². The molecule has 0 radical (unpaired) electrons. The molecule has 0 atom stereocenters. The Labute approximate surface area is 123 Å². The van der Waals surface area contributed by atoms with Crippen molar-refractivity contribution >= 4 is 15.9 Å². The van der Waals surface area contributed by atoms with E-state index in [1.165, 1.54) is 12.8 Å². The van der Waals surface area contributed by atoms with Crippen molar-refractivity contribution in [2.75, 3.05) is 20.3 Å². The van der Waals surface area contributed by atoms with Crippen LogP contribution >= 0.6 is 15.9 Å². The van der Waals surface area contributed by atoms with Crippen molar-refractivity contribution in [3.8, 4) is 11.5 Å². The first-order valence-electron chi connectivity index (χ1n) is 6.60. The lowest BCUT2D eigenvalue weighted by Crippen LogP contribution is -2.24. The van der Waals surface area contributed by atoms with Crippen LogP contribution in [0.5, 0.6) is 11.5 Å². The molecule has 0 saturated heterocycles. The summed E-state index contributed by atoms with van der Waals surface area (Å²) in [7, 11) is 1.64. The Kier molecular flexibility index (Phi) is 4.41. The summed E-state index contributed by atoms with van der Waals surface area (Å²) in [5.74, 6) is 2.15. The van der Waals surface area contributed by atoms with Gasteiger partial charge in [0.25, 0.3) is 0 Å². The Morgan fingerprint density at radius 1 is 1.37 bits per heavy atom. The summed E-state index contributed by atoms with van der Waals surface area (Å²) >= 11 is 3.56. The van der Waals surface area contributed by atoms with Crippen LogP contribution in [0, 0.1) is 5.92 Å². The summed E-state index contributed by atoms with van der Waals surface area (Å²) in [5.41, 5.74) is 0.585. The third kappa shape index (κ3) is 3.23. The lowest BCUT2D eigenvalue weighted by Gasteiger charge is -2.27. The zero-order valence-corrected chi connectivity index (χ0v) is 13.3. The Hall–Kier alpha value is -0.740. The van der Waals surface area contributed by atoms with Gasteiger partial charge < -0.3 is 14.6 Å². The highest BCUT2D eigenvalue weighted by atomic mass is 79.9. The lowest BCUT2D eigenvalue weighted by molar-refractivity contribution is 0.208. The van der Waals surface area contributed by atoms with Crippen LogP contribution in [-0.2, 0) is 5.41 Å². The molecule has 0 amide bonds. The molecular weight excluding hydrogens is 308 g/mol. The molecule has 4 heteroatoms. The van der Waals surface area contributed by atoms with Gasteiger partial charge in [-0.25, -0.2) is 0 Å². The van der Waals surface area contributed by atoms with Crippen LogP contribution in [0.25, 0.3) is 0 Å². The Bertz CT molecular complexity index is 453. The normalized spacial score (nSPS) is 15.4. The highest BCUT2D eigenvalue weighted by Crippen LogP contribution is 2.44. The molecule has 0 spiro atoms. The molecule has 0 aliphatic heterocycles. The molecule has 1 aromatic carbocycles. The number of hydrogen-bond donors (Lipinski definition) is 1. The van der Waals surface area contributed by atoms with E-state index in [4.69, 9.17) is 9.47 Å². The molecule has 0 unspecified atom stereocenters. The standard InChI is InChI=1S/C15H21BrO3/c1-15(2,9-17)13-11(16)6-7-12(18-3)14(13)19-8-10-4-5-10/h6-7,10,17H,4-5,8-9H2,1-3H3. The van der Waals surface area contributed by atoms with Crippen LogP contribution in [0.2, 0.25) is 0 Å². The van der Waals surface area contributed by atoms with E-state index >= 15 is 0 Å². The lowest BCUT2D eigenvalue weighted by atomic mass is 9.84. The molecule has 19 heavy (non-hydrogen) atoms. The van der Waals surface area contributed by atoms with Crippen molar-refractivity contribution < 1.29 is 14.6 Å². The second kappa shape index (κ2) is 5.71. The first-order valence-corrected chi connectivity index (χ1v) is 7.39. The average molecular weight is 329 g/mol. The summed E-state index contributed by atoms with van der Waals surface area (Å²) in [4.78, 5) is 0. The molecule has 0 bridgehead atoms. The largest absolute Gasteiger partial charge is 0.493 e. The van der Waals surface area contributed by atoms with Crippen molar-refractivity contribution in [2.24, 2.45) is 5.92 Å². The van der Waals surface area contributed by atoms with Crippen molar-refractivity contribution in [3.05, 3.63) is 22.2 Å². The monoisotopic (exact) mass is 328 g/mol. The van der Waals surface area contributed by atoms with Crippen LogP contribution in [0.15, 0.2) is 16.6 Å². The minimum atomic E-state index is -0.383. The maximum absolute atomic E-state index is 9.63. The first kappa shape index (κ1) is 14.7. The first-order chi connectivity index (χ1) is 8.99. The Morgan fingerprint density at radius 2 is 2.05 bits per heavy atom. The molecule has 1 aromatic rings. The van der Waals surface area contributed by atoms with Gasteiger partial charge >= 0.3 is 0 Å². The summed E-state index contributed by atoms with van der Waals surface area (Å²) in [6, 6.07) is 3.83. The number of halogens is 1. The second-order valence-electron chi connectivity index (χ2n) is 5.75. The minimum absolute atomic E-state index is 0.0541. The van der Waals surface area contributed by atoms with Crippen molar-refractivity contribution in [1.82, 2.24) is 0 Å². The molecule has 1 N–H and O–H groups in total. The molecule has 1 aliphatic rings. The smallest absolute Gasteiger partial charge is 0.166 e. The predicted octanol–water partition coefficient (Wildman–Crippen LogP) is 3.52. The molecule has 3 nitrogen and oxygen atoms in total. The number of benzene rings is 1. The highest BCUT2D eigenvalue weighted by Gasteiger charge is 2.30. The van der Waals surface area contributed by atoms with E-state index < -0.39 is 0 Å². The molecule has 1 aliphatic carbocycles. The van der Waals surface area contributed by atoms with E-state index in [0.29, 0.717) is 5.92 Å². The Balaban J connectivity index is 2.41. The van der Waals surface area contributed by atoms with Gasteiger partial charge in [0.2, 0.25) is 0 Å².